The van der Waals surface area contributed by atoms with E-state index in [1.54, 1.807) is 27.8 Å². The van der Waals surface area contributed by atoms with E-state index < -0.39 is 17.3 Å². The molecule has 0 aromatic carbocycles. The van der Waals surface area contributed by atoms with E-state index in [2.05, 4.69) is 32.7 Å². The molecular formula is C27H40N4O4S2. The highest BCUT2D eigenvalue weighted by molar-refractivity contribution is 8.76. The Labute approximate surface area is 228 Å². The molecule has 204 valence electrons. The van der Waals surface area contributed by atoms with E-state index in [4.69, 9.17) is 9.47 Å². The summed E-state index contributed by atoms with van der Waals surface area (Å²) in [6.07, 6.45) is 6.94. The molecule has 0 saturated heterocycles. The highest BCUT2D eigenvalue weighted by Gasteiger charge is 2.16. The Morgan fingerprint density at radius 3 is 1.62 bits per heavy atom. The Hall–Kier alpha value is -2.46. The molecule has 0 atom stereocenters. The maximum Gasteiger partial charge on any atom is 0.407 e. The number of alkyl carbamates (subject to hydrolysis) is 2. The van der Waals surface area contributed by atoms with Crippen LogP contribution in [-0.2, 0) is 22.3 Å². The molecule has 0 fully saturated rings. The zero-order valence-electron chi connectivity index (χ0n) is 22.8. The van der Waals surface area contributed by atoms with Gasteiger partial charge in [0.15, 0.2) is 0 Å². The number of ether oxygens (including phenoxy) is 2. The Bertz CT molecular complexity index is 1010. The summed E-state index contributed by atoms with van der Waals surface area (Å²) in [5.74, 6) is 0. The van der Waals surface area contributed by atoms with Crippen LogP contribution in [0.2, 0.25) is 0 Å². The Morgan fingerprint density at radius 2 is 1.16 bits per heavy atom. The maximum absolute atomic E-state index is 11.8. The van der Waals surface area contributed by atoms with Crippen LogP contribution in [0.4, 0.5) is 9.59 Å². The molecular weight excluding hydrogens is 508 g/mol. The van der Waals surface area contributed by atoms with Crippen molar-refractivity contribution in [2.45, 2.75) is 94.6 Å². The van der Waals surface area contributed by atoms with Gasteiger partial charge in [-0.15, -0.1) is 0 Å². The van der Waals surface area contributed by atoms with Gasteiger partial charge < -0.3 is 20.1 Å². The van der Waals surface area contributed by atoms with Gasteiger partial charge in [0.25, 0.3) is 0 Å². The van der Waals surface area contributed by atoms with E-state index in [-0.39, 0.29) is 6.09 Å². The number of nitrogens with zero attached hydrogens (tertiary/aromatic N) is 2. The summed E-state index contributed by atoms with van der Waals surface area (Å²) in [5.41, 5.74) is 1.05. The van der Waals surface area contributed by atoms with Crippen LogP contribution in [0.5, 0.6) is 0 Å². The van der Waals surface area contributed by atoms with Crippen molar-refractivity contribution in [1.29, 1.82) is 0 Å². The summed E-state index contributed by atoms with van der Waals surface area (Å²) in [4.78, 5) is 35.0. The first-order valence-electron chi connectivity index (χ1n) is 12.6. The minimum absolute atomic E-state index is 0.383. The van der Waals surface area contributed by atoms with Gasteiger partial charge in [-0.25, -0.2) is 9.59 Å². The summed E-state index contributed by atoms with van der Waals surface area (Å²) in [7, 11) is 3.34. The molecule has 8 nitrogen and oxygen atoms in total. The van der Waals surface area contributed by atoms with E-state index in [1.807, 2.05) is 59.9 Å². The van der Waals surface area contributed by atoms with Crippen LogP contribution >= 0.6 is 21.6 Å². The quantitative estimate of drug-likeness (QED) is 0.226. The fraction of sp³-hybridized carbons (Fsp3) is 0.556. The molecule has 0 aliphatic heterocycles. The van der Waals surface area contributed by atoms with Crippen LogP contribution < -0.4 is 10.6 Å². The van der Waals surface area contributed by atoms with Crippen LogP contribution in [0, 0.1) is 0 Å². The third kappa shape index (κ3) is 13.6. The van der Waals surface area contributed by atoms with Crippen molar-refractivity contribution in [3.05, 3.63) is 48.0 Å². The number of pyridine rings is 2. The summed E-state index contributed by atoms with van der Waals surface area (Å²) < 4.78 is 10.5. The number of carbonyl (C=O) groups excluding carboxylic acids is 2. The second kappa shape index (κ2) is 15.1. The second-order valence-corrected chi connectivity index (χ2v) is 12.7. The monoisotopic (exact) mass is 548 g/mol. The van der Waals surface area contributed by atoms with E-state index in [0.29, 0.717) is 13.1 Å². The number of carbonyl (C=O) groups is 2. The van der Waals surface area contributed by atoms with E-state index in [0.717, 1.165) is 53.3 Å². The summed E-state index contributed by atoms with van der Waals surface area (Å²) in [6.45, 7) is 12.2. The predicted octanol–water partition coefficient (Wildman–Crippen LogP) is 6.58. The topological polar surface area (TPSA) is 102 Å². The molecule has 2 rings (SSSR count). The van der Waals surface area contributed by atoms with E-state index in [9.17, 15) is 9.59 Å². The molecule has 2 aromatic heterocycles. The van der Waals surface area contributed by atoms with Crippen molar-refractivity contribution in [3.63, 3.8) is 0 Å². The van der Waals surface area contributed by atoms with Crippen molar-refractivity contribution in [3.8, 4) is 0 Å². The summed E-state index contributed by atoms with van der Waals surface area (Å²) in [6, 6.07) is 8.04. The zero-order chi connectivity index (χ0) is 27.3. The van der Waals surface area contributed by atoms with Crippen molar-refractivity contribution in [2.24, 2.45) is 0 Å². The Balaban J connectivity index is 1.80. The minimum atomic E-state index is -0.506. The molecule has 0 aliphatic rings. The lowest BCUT2D eigenvalue weighted by atomic mass is 10.2. The maximum atomic E-state index is 11.8. The van der Waals surface area contributed by atoms with Gasteiger partial charge in [0.05, 0.1) is 11.4 Å². The van der Waals surface area contributed by atoms with E-state index >= 15 is 0 Å². The van der Waals surface area contributed by atoms with Crippen LogP contribution in [0.25, 0.3) is 0 Å². The Kier molecular flexibility index (Phi) is 12.5. The van der Waals surface area contributed by atoms with Gasteiger partial charge in [0, 0.05) is 35.3 Å². The van der Waals surface area contributed by atoms with Gasteiger partial charge in [-0.2, -0.15) is 0 Å². The van der Waals surface area contributed by atoms with Crippen molar-refractivity contribution >= 4 is 33.8 Å². The first-order valence-corrected chi connectivity index (χ1v) is 14.7. The van der Waals surface area contributed by atoms with Crippen LogP contribution in [0.3, 0.4) is 0 Å². The average molecular weight is 549 g/mol. The van der Waals surface area contributed by atoms with E-state index in [1.165, 1.54) is 0 Å². The lowest BCUT2D eigenvalue weighted by Gasteiger charge is -2.19. The normalized spacial score (nSPS) is 11.6. The molecule has 0 aliphatic carbocycles. The lowest BCUT2D eigenvalue weighted by molar-refractivity contribution is 0.0515. The summed E-state index contributed by atoms with van der Waals surface area (Å²) in [5, 5.41) is 5.60. The molecule has 2 heterocycles. The molecule has 10 heteroatoms. The van der Waals surface area contributed by atoms with Crippen molar-refractivity contribution < 1.29 is 19.1 Å². The molecule has 0 unspecified atom stereocenters. The minimum Gasteiger partial charge on any atom is -0.444 e. The van der Waals surface area contributed by atoms with Crippen LogP contribution in [-0.4, -0.2) is 46.4 Å². The standard InChI is InChI=1S/C27H40N4O4S2/c1-26(2,3)34-24(32)30-16-8-7-12-20-22(14-10-17-28-20)36-37-23-15-11-18-29-21(23)13-9-19-31-25(33)35-27(4,5)6/h10-11,14-15,17-18H,7-9,12-13,16,19H2,1-6H3,(H,30,32)(H,31,33). The first-order chi connectivity index (χ1) is 17.4. The molecule has 2 amide bonds. The Morgan fingerprint density at radius 1 is 0.730 bits per heavy atom. The van der Waals surface area contributed by atoms with Gasteiger partial charge in [-0.1, -0.05) is 21.6 Å². The van der Waals surface area contributed by atoms with Crippen molar-refractivity contribution in [2.75, 3.05) is 13.1 Å². The highest BCUT2D eigenvalue weighted by Crippen LogP contribution is 2.40. The number of aryl methyl sites for hydroxylation is 2. The number of aromatic nitrogens is 2. The molecule has 0 spiro atoms. The number of nitrogens with one attached hydrogen (secondary N) is 2. The SMILES string of the molecule is CC(C)(C)OC(=O)NCCCCc1ncccc1SSc1cccnc1CCCNC(=O)OC(C)(C)C. The molecule has 0 bridgehead atoms. The molecule has 2 N–H and O–H groups in total. The highest BCUT2D eigenvalue weighted by atomic mass is 33.1. The summed E-state index contributed by atoms with van der Waals surface area (Å²) >= 11 is 0. The van der Waals surface area contributed by atoms with Gasteiger partial charge in [0.2, 0.25) is 0 Å². The van der Waals surface area contributed by atoms with Gasteiger partial charge in [-0.3, -0.25) is 9.97 Å². The second-order valence-electron chi connectivity index (χ2n) is 10.5. The lowest BCUT2D eigenvalue weighted by Crippen LogP contribution is -2.33. The van der Waals surface area contributed by atoms with Crippen molar-refractivity contribution in [1.82, 2.24) is 20.6 Å². The zero-order valence-corrected chi connectivity index (χ0v) is 24.4. The number of rotatable bonds is 12. The number of amides is 2. The number of hydrogen-bond donors (Lipinski definition) is 2. The number of unbranched alkanes of at least 4 members (excludes halogenated alkanes) is 1. The van der Waals surface area contributed by atoms with Gasteiger partial charge >= 0.3 is 12.2 Å². The molecule has 0 radical (unpaired) electrons. The number of hydrogen-bond acceptors (Lipinski definition) is 8. The van der Waals surface area contributed by atoms with Crippen LogP contribution in [0.15, 0.2) is 46.5 Å². The smallest absolute Gasteiger partial charge is 0.407 e. The van der Waals surface area contributed by atoms with Gasteiger partial charge in [-0.05, 0) is 97.9 Å². The molecule has 37 heavy (non-hydrogen) atoms. The fourth-order valence-corrected chi connectivity index (χ4v) is 5.54. The third-order valence-electron chi connectivity index (χ3n) is 4.69. The predicted molar refractivity (Wildman–Crippen MR) is 150 cm³/mol. The fourth-order valence-electron chi connectivity index (χ4n) is 3.15. The van der Waals surface area contributed by atoms with Crippen LogP contribution in [0.1, 0.15) is 72.2 Å². The first kappa shape index (κ1) is 30.8. The third-order valence-corrected chi connectivity index (χ3v) is 7.20. The average Bonchev–Trinajstić information content (AvgIpc) is 2.79. The van der Waals surface area contributed by atoms with Gasteiger partial charge in [0.1, 0.15) is 11.2 Å². The largest absolute Gasteiger partial charge is 0.444 e. The molecule has 2 aromatic rings. The molecule has 0 saturated carbocycles.